The summed E-state index contributed by atoms with van der Waals surface area (Å²) >= 11 is 0. The molecule has 0 atom stereocenters. The molecule has 0 saturated carbocycles. The summed E-state index contributed by atoms with van der Waals surface area (Å²) in [7, 11) is 0. The zero-order valence-electron chi connectivity index (χ0n) is 7.40. The SMILES string of the molecule is C=CCc1nc2nccnc2c(=O)[nH]1. The highest BCUT2D eigenvalue weighted by Gasteiger charge is 2.03. The van der Waals surface area contributed by atoms with E-state index in [4.69, 9.17) is 0 Å². The highest BCUT2D eigenvalue weighted by molar-refractivity contribution is 5.67. The van der Waals surface area contributed by atoms with Gasteiger partial charge in [0.15, 0.2) is 11.2 Å². The van der Waals surface area contributed by atoms with Gasteiger partial charge in [0.25, 0.3) is 5.56 Å². The Morgan fingerprint density at radius 2 is 2.21 bits per heavy atom. The van der Waals surface area contributed by atoms with Crippen LogP contribution in [0.5, 0.6) is 0 Å². The summed E-state index contributed by atoms with van der Waals surface area (Å²) in [6, 6.07) is 0. The standard InChI is InChI=1S/C9H8N4O/c1-2-3-6-12-8-7(9(14)13-6)10-4-5-11-8/h2,4-5H,1,3H2,(H,11,12,13,14). The number of nitrogens with zero attached hydrogens (tertiary/aromatic N) is 3. The van der Waals surface area contributed by atoms with Crippen LogP contribution in [0.2, 0.25) is 0 Å². The van der Waals surface area contributed by atoms with Crippen molar-refractivity contribution < 1.29 is 0 Å². The van der Waals surface area contributed by atoms with Gasteiger partial charge in [0.05, 0.1) is 0 Å². The molecule has 70 valence electrons. The third kappa shape index (κ3) is 1.39. The van der Waals surface area contributed by atoms with Gasteiger partial charge in [-0.15, -0.1) is 6.58 Å². The zero-order chi connectivity index (χ0) is 9.97. The van der Waals surface area contributed by atoms with Crippen molar-refractivity contribution in [2.24, 2.45) is 0 Å². The highest BCUT2D eigenvalue weighted by atomic mass is 16.1. The molecule has 2 rings (SSSR count). The monoisotopic (exact) mass is 188 g/mol. The van der Waals surface area contributed by atoms with Crippen molar-refractivity contribution in [3.05, 3.63) is 41.2 Å². The minimum Gasteiger partial charge on any atom is -0.308 e. The fraction of sp³-hybridized carbons (Fsp3) is 0.111. The third-order valence-corrected chi connectivity index (χ3v) is 1.73. The number of nitrogens with one attached hydrogen (secondary N) is 1. The predicted octanol–water partition coefficient (Wildman–Crippen LogP) is 0.442. The Hall–Kier alpha value is -2.04. The molecule has 2 aromatic heterocycles. The van der Waals surface area contributed by atoms with E-state index < -0.39 is 0 Å². The van der Waals surface area contributed by atoms with Crippen molar-refractivity contribution >= 4 is 11.2 Å². The first-order chi connectivity index (χ1) is 6.81. The Balaban J connectivity index is 2.72. The van der Waals surface area contributed by atoms with Gasteiger partial charge in [0.1, 0.15) is 5.82 Å². The predicted molar refractivity (Wildman–Crippen MR) is 51.9 cm³/mol. The number of fused-ring (bicyclic) bond motifs is 1. The largest absolute Gasteiger partial charge is 0.308 e. The van der Waals surface area contributed by atoms with Crippen molar-refractivity contribution in [1.82, 2.24) is 19.9 Å². The lowest BCUT2D eigenvalue weighted by molar-refractivity contribution is 0.975. The average Bonchev–Trinajstić information content (AvgIpc) is 2.18. The first-order valence-electron chi connectivity index (χ1n) is 4.12. The third-order valence-electron chi connectivity index (χ3n) is 1.73. The van der Waals surface area contributed by atoms with Crippen LogP contribution in [0.4, 0.5) is 0 Å². The molecule has 0 radical (unpaired) electrons. The van der Waals surface area contributed by atoms with E-state index in [1.54, 1.807) is 6.08 Å². The van der Waals surface area contributed by atoms with Crippen LogP contribution < -0.4 is 5.56 Å². The quantitative estimate of drug-likeness (QED) is 0.694. The maximum Gasteiger partial charge on any atom is 0.279 e. The molecule has 0 unspecified atom stereocenters. The summed E-state index contributed by atoms with van der Waals surface area (Å²) in [5.41, 5.74) is 0.369. The van der Waals surface area contributed by atoms with E-state index in [-0.39, 0.29) is 11.1 Å². The normalized spacial score (nSPS) is 10.3. The van der Waals surface area contributed by atoms with Gasteiger partial charge in [0.2, 0.25) is 0 Å². The molecule has 5 heteroatoms. The van der Waals surface area contributed by atoms with Gasteiger partial charge in [0, 0.05) is 18.8 Å². The molecule has 0 aromatic carbocycles. The molecule has 2 aromatic rings. The Kier molecular flexibility index (Phi) is 2.06. The minimum atomic E-state index is -0.264. The van der Waals surface area contributed by atoms with Gasteiger partial charge >= 0.3 is 0 Å². The van der Waals surface area contributed by atoms with Crippen molar-refractivity contribution in [3.8, 4) is 0 Å². The first-order valence-corrected chi connectivity index (χ1v) is 4.12. The molecule has 0 aliphatic heterocycles. The molecular weight excluding hydrogens is 180 g/mol. The fourth-order valence-corrected chi connectivity index (χ4v) is 1.15. The van der Waals surface area contributed by atoms with Crippen LogP contribution in [-0.2, 0) is 6.42 Å². The van der Waals surface area contributed by atoms with E-state index >= 15 is 0 Å². The fourth-order valence-electron chi connectivity index (χ4n) is 1.15. The van der Waals surface area contributed by atoms with Gasteiger partial charge < -0.3 is 4.98 Å². The van der Waals surface area contributed by atoms with E-state index in [1.807, 2.05) is 0 Å². The molecule has 0 saturated heterocycles. The molecule has 2 heterocycles. The molecule has 0 spiro atoms. The number of rotatable bonds is 2. The second-order valence-electron chi connectivity index (χ2n) is 2.73. The Bertz CT molecular complexity index is 532. The van der Waals surface area contributed by atoms with Crippen LogP contribution >= 0.6 is 0 Å². The van der Waals surface area contributed by atoms with Crippen molar-refractivity contribution in [2.45, 2.75) is 6.42 Å². The van der Waals surface area contributed by atoms with Gasteiger partial charge in [-0.05, 0) is 0 Å². The molecule has 0 bridgehead atoms. The summed E-state index contributed by atoms with van der Waals surface area (Å²) < 4.78 is 0. The van der Waals surface area contributed by atoms with Crippen molar-refractivity contribution in [2.75, 3.05) is 0 Å². The number of hydrogen-bond donors (Lipinski definition) is 1. The van der Waals surface area contributed by atoms with E-state index in [0.29, 0.717) is 17.9 Å². The van der Waals surface area contributed by atoms with Crippen molar-refractivity contribution in [1.29, 1.82) is 0 Å². The number of H-pyrrole nitrogens is 1. The van der Waals surface area contributed by atoms with Gasteiger partial charge in [-0.25, -0.2) is 15.0 Å². The Morgan fingerprint density at radius 1 is 1.43 bits per heavy atom. The smallest absolute Gasteiger partial charge is 0.279 e. The second kappa shape index (κ2) is 3.37. The van der Waals surface area contributed by atoms with Crippen LogP contribution in [0.3, 0.4) is 0 Å². The molecule has 5 nitrogen and oxygen atoms in total. The first kappa shape index (κ1) is 8.55. The minimum absolute atomic E-state index is 0.264. The Labute approximate surface area is 79.6 Å². The molecule has 0 amide bonds. The van der Waals surface area contributed by atoms with Crippen molar-refractivity contribution in [3.63, 3.8) is 0 Å². The molecular formula is C9H8N4O. The molecule has 14 heavy (non-hydrogen) atoms. The van der Waals surface area contributed by atoms with Gasteiger partial charge in [-0.3, -0.25) is 4.79 Å². The number of allylic oxidation sites excluding steroid dienone is 1. The summed E-state index contributed by atoms with van der Waals surface area (Å²) in [6.07, 6.45) is 5.15. The van der Waals surface area contributed by atoms with E-state index in [0.717, 1.165) is 0 Å². The maximum absolute atomic E-state index is 11.4. The van der Waals surface area contributed by atoms with E-state index in [2.05, 4.69) is 26.5 Å². The lowest BCUT2D eigenvalue weighted by Gasteiger charge is -1.97. The lowest BCUT2D eigenvalue weighted by Crippen LogP contribution is -2.13. The van der Waals surface area contributed by atoms with Gasteiger partial charge in [-0.1, -0.05) is 6.08 Å². The summed E-state index contributed by atoms with van der Waals surface area (Å²) in [4.78, 5) is 26.0. The summed E-state index contributed by atoms with van der Waals surface area (Å²) in [5.74, 6) is 0.554. The Morgan fingerprint density at radius 3 is 3.00 bits per heavy atom. The van der Waals surface area contributed by atoms with Crippen LogP contribution in [0, 0.1) is 0 Å². The van der Waals surface area contributed by atoms with Crippen LogP contribution in [0.25, 0.3) is 11.2 Å². The van der Waals surface area contributed by atoms with E-state index in [9.17, 15) is 4.79 Å². The average molecular weight is 188 g/mol. The van der Waals surface area contributed by atoms with E-state index in [1.165, 1.54) is 12.4 Å². The lowest BCUT2D eigenvalue weighted by atomic mass is 10.4. The number of aromatic amines is 1. The molecule has 0 fully saturated rings. The molecule has 1 N–H and O–H groups in total. The highest BCUT2D eigenvalue weighted by Crippen LogP contribution is 1.98. The van der Waals surface area contributed by atoms with Crippen LogP contribution in [0.1, 0.15) is 5.82 Å². The number of hydrogen-bond acceptors (Lipinski definition) is 4. The summed E-state index contributed by atoms with van der Waals surface area (Å²) in [5, 5.41) is 0. The number of aromatic nitrogens is 4. The zero-order valence-corrected chi connectivity index (χ0v) is 7.40. The van der Waals surface area contributed by atoms with Crippen LogP contribution in [0.15, 0.2) is 29.8 Å². The maximum atomic E-state index is 11.4. The second-order valence-corrected chi connectivity index (χ2v) is 2.73. The summed E-state index contributed by atoms with van der Waals surface area (Å²) in [6.45, 7) is 3.57. The molecule has 0 aliphatic rings. The topological polar surface area (TPSA) is 71.5 Å². The van der Waals surface area contributed by atoms with Crippen LogP contribution in [-0.4, -0.2) is 19.9 Å². The molecule has 0 aliphatic carbocycles. The van der Waals surface area contributed by atoms with Gasteiger partial charge in [-0.2, -0.15) is 0 Å².